The number of ether oxygens (including phenoxy) is 2. The number of nitrogens with zero attached hydrogens (tertiary/aromatic N) is 2. The fraction of sp³-hybridized carbons (Fsp3) is 0.350. The lowest BCUT2D eigenvalue weighted by molar-refractivity contribution is 0.173. The quantitative estimate of drug-likeness (QED) is 0.699. The summed E-state index contributed by atoms with van der Waals surface area (Å²) in [5, 5.41) is 1.29. The molecule has 0 N–H and O–H groups in total. The van der Waals surface area contributed by atoms with Gasteiger partial charge in [0.05, 0.1) is 15.2 Å². The topological polar surface area (TPSA) is 34.6 Å². The zero-order chi connectivity index (χ0) is 16.6. The minimum absolute atomic E-state index is 0.335. The Labute approximate surface area is 151 Å². The van der Waals surface area contributed by atoms with Crippen molar-refractivity contribution in [1.29, 1.82) is 0 Å². The maximum Gasteiger partial charge on any atom is 0.231 e. The maximum absolute atomic E-state index is 5.50. The lowest BCUT2D eigenvalue weighted by Gasteiger charge is -2.31. The van der Waals surface area contributed by atoms with E-state index in [2.05, 4.69) is 41.3 Å². The molecule has 0 bridgehead atoms. The van der Waals surface area contributed by atoms with Crippen LogP contribution in [0.5, 0.6) is 11.5 Å². The molecule has 5 rings (SSSR count). The monoisotopic (exact) mass is 352 g/mol. The Morgan fingerprint density at radius 2 is 2.04 bits per heavy atom. The van der Waals surface area contributed by atoms with Gasteiger partial charge in [-0.05, 0) is 49.2 Å². The molecule has 25 heavy (non-hydrogen) atoms. The third-order valence-electron chi connectivity index (χ3n) is 5.01. The highest BCUT2D eigenvalue weighted by molar-refractivity contribution is 7.18. The molecule has 3 aromatic rings. The molecular weight excluding hydrogens is 332 g/mol. The van der Waals surface area contributed by atoms with Gasteiger partial charge in [0.25, 0.3) is 0 Å². The van der Waals surface area contributed by atoms with Crippen LogP contribution in [0.25, 0.3) is 10.2 Å². The van der Waals surface area contributed by atoms with Crippen molar-refractivity contribution in [2.24, 2.45) is 0 Å². The van der Waals surface area contributed by atoms with Crippen molar-refractivity contribution < 1.29 is 9.47 Å². The molecule has 0 amide bonds. The summed E-state index contributed by atoms with van der Waals surface area (Å²) in [5.74, 6) is 2.27. The number of fused-ring (bicyclic) bond motifs is 2. The van der Waals surface area contributed by atoms with E-state index in [9.17, 15) is 0 Å². The van der Waals surface area contributed by atoms with Crippen LogP contribution in [-0.4, -0.2) is 29.8 Å². The Balaban J connectivity index is 1.32. The van der Waals surface area contributed by atoms with Crippen LogP contribution in [0.2, 0.25) is 0 Å². The number of likely N-dealkylation sites (tertiary alicyclic amines) is 1. The van der Waals surface area contributed by atoms with Gasteiger partial charge >= 0.3 is 0 Å². The smallest absolute Gasteiger partial charge is 0.231 e. The predicted octanol–water partition coefficient (Wildman–Crippen LogP) is 4.40. The van der Waals surface area contributed by atoms with E-state index in [0.717, 1.165) is 36.6 Å². The summed E-state index contributed by atoms with van der Waals surface area (Å²) >= 11 is 1.85. The molecule has 2 aliphatic rings. The first-order chi connectivity index (χ1) is 12.3. The van der Waals surface area contributed by atoms with Crippen molar-refractivity contribution in [3.05, 3.63) is 53.0 Å². The first-order valence-corrected chi connectivity index (χ1v) is 9.63. The number of hydrogen-bond acceptors (Lipinski definition) is 5. The Kier molecular flexibility index (Phi) is 3.83. The fourth-order valence-corrected chi connectivity index (χ4v) is 4.86. The van der Waals surface area contributed by atoms with Crippen molar-refractivity contribution in [2.75, 3.05) is 19.9 Å². The van der Waals surface area contributed by atoms with Gasteiger partial charge < -0.3 is 9.47 Å². The van der Waals surface area contributed by atoms with Crippen molar-refractivity contribution in [2.45, 2.75) is 25.3 Å². The molecule has 1 fully saturated rings. The molecule has 5 heteroatoms. The summed E-state index contributed by atoms with van der Waals surface area (Å²) < 4.78 is 12.2. The second-order valence-electron chi connectivity index (χ2n) is 6.78. The van der Waals surface area contributed by atoms with Crippen LogP contribution in [0, 0.1) is 0 Å². The van der Waals surface area contributed by atoms with Crippen LogP contribution >= 0.6 is 11.3 Å². The molecule has 0 unspecified atom stereocenters. The van der Waals surface area contributed by atoms with Gasteiger partial charge in [-0.2, -0.15) is 0 Å². The molecule has 0 saturated carbocycles. The van der Waals surface area contributed by atoms with Crippen molar-refractivity contribution in [3.63, 3.8) is 0 Å². The summed E-state index contributed by atoms with van der Waals surface area (Å²) in [7, 11) is 0. The molecule has 128 valence electrons. The van der Waals surface area contributed by atoms with Gasteiger partial charge in [0.1, 0.15) is 0 Å². The summed E-state index contributed by atoms with van der Waals surface area (Å²) in [6.07, 6.45) is 2.46. The lowest BCUT2D eigenvalue weighted by Crippen LogP contribution is -2.33. The lowest BCUT2D eigenvalue weighted by atomic mass is 9.98. The highest BCUT2D eigenvalue weighted by Crippen LogP contribution is 2.35. The Hall–Kier alpha value is -2.11. The minimum Gasteiger partial charge on any atom is -0.454 e. The fourth-order valence-electron chi connectivity index (χ4n) is 3.76. The molecule has 1 aromatic heterocycles. The van der Waals surface area contributed by atoms with E-state index in [-0.39, 0.29) is 0 Å². The molecule has 1 saturated heterocycles. The summed E-state index contributed by atoms with van der Waals surface area (Å²) in [5.41, 5.74) is 2.42. The van der Waals surface area contributed by atoms with Crippen molar-refractivity contribution in [1.82, 2.24) is 9.88 Å². The number of thiazole rings is 1. The van der Waals surface area contributed by atoms with Crippen molar-refractivity contribution >= 4 is 21.6 Å². The second-order valence-corrected chi connectivity index (χ2v) is 7.84. The normalized spacial score (nSPS) is 20.2. The number of piperidine rings is 1. The summed E-state index contributed by atoms with van der Waals surface area (Å²) in [6.45, 7) is 3.52. The number of rotatable bonds is 3. The molecule has 0 aliphatic carbocycles. The summed E-state index contributed by atoms with van der Waals surface area (Å²) in [6, 6.07) is 14.7. The van der Waals surface area contributed by atoms with Crippen LogP contribution in [0.4, 0.5) is 0 Å². The molecular formula is C20H20N2O2S. The largest absolute Gasteiger partial charge is 0.454 e. The first kappa shape index (κ1) is 15.2. The van der Waals surface area contributed by atoms with E-state index in [4.69, 9.17) is 14.5 Å². The Bertz CT molecular complexity index is 875. The highest BCUT2D eigenvalue weighted by atomic mass is 32.1. The van der Waals surface area contributed by atoms with Crippen LogP contribution < -0.4 is 9.47 Å². The average Bonchev–Trinajstić information content (AvgIpc) is 3.28. The average molecular weight is 352 g/mol. The molecule has 2 aromatic carbocycles. The zero-order valence-corrected chi connectivity index (χ0v) is 14.8. The molecule has 1 atom stereocenters. The molecule has 0 radical (unpaired) electrons. The minimum atomic E-state index is 0.335. The maximum atomic E-state index is 5.50. The van der Waals surface area contributed by atoms with Gasteiger partial charge in [-0.15, -0.1) is 11.3 Å². The Morgan fingerprint density at radius 3 is 3.00 bits per heavy atom. The van der Waals surface area contributed by atoms with E-state index in [1.807, 2.05) is 17.4 Å². The van der Waals surface area contributed by atoms with Crippen LogP contribution in [0.3, 0.4) is 0 Å². The first-order valence-electron chi connectivity index (χ1n) is 8.81. The summed E-state index contributed by atoms with van der Waals surface area (Å²) in [4.78, 5) is 7.42. The van der Waals surface area contributed by atoms with Gasteiger partial charge in [0.2, 0.25) is 6.79 Å². The van der Waals surface area contributed by atoms with E-state index in [1.165, 1.54) is 28.1 Å². The van der Waals surface area contributed by atoms with Gasteiger partial charge in [-0.1, -0.05) is 18.2 Å². The van der Waals surface area contributed by atoms with Gasteiger partial charge in [-0.25, -0.2) is 4.98 Å². The molecule has 2 aliphatic heterocycles. The molecule has 4 nitrogen and oxygen atoms in total. The second kappa shape index (κ2) is 6.32. The van der Waals surface area contributed by atoms with Crippen LogP contribution in [0.1, 0.15) is 29.3 Å². The van der Waals surface area contributed by atoms with Crippen LogP contribution in [-0.2, 0) is 6.54 Å². The molecule has 0 spiro atoms. The van der Waals surface area contributed by atoms with Crippen LogP contribution in [0.15, 0.2) is 42.5 Å². The van der Waals surface area contributed by atoms with Gasteiger partial charge in [0.15, 0.2) is 11.5 Å². The van der Waals surface area contributed by atoms with Gasteiger partial charge in [-0.3, -0.25) is 4.90 Å². The van der Waals surface area contributed by atoms with E-state index < -0.39 is 0 Å². The van der Waals surface area contributed by atoms with E-state index in [0.29, 0.717) is 12.7 Å². The zero-order valence-electron chi connectivity index (χ0n) is 14.0. The standard InChI is InChI=1S/C20H20N2O2S/c1-2-6-19-16(5-1)21-20(25-19)15-4-3-9-22(12-15)11-14-7-8-17-18(10-14)24-13-23-17/h1-2,5-8,10,15H,3-4,9,11-13H2/t15-/m1/s1. The predicted molar refractivity (Wildman–Crippen MR) is 99.4 cm³/mol. The van der Waals surface area contributed by atoms with E-state index in [1.54, 1.807) is 0 Å². The SMILES string of the molecule is c1ccc2sc([C@@H]3CCCN(Cc4ccc5c(c4)OCO5)C3)nc2c1. The third kappa shape index (κ3) is 2.98. The number of hydrogen-bond donors (Lipinski definition) is 0. The van der Waals surface area contributed by atoms with Crippen molar-refractivity contribution in [3.8, 4) is 11.5 Å². The van der Waals surface area contributed by atoms with E-state index >= 15 is 0 Å². The number of benzene rings is 2. The Morgan fingerprint density at radius 1 is 1.12 bits per heavy atom. The highest BCUT2D eigenvalue weighted by Gasteiger charge is 2.24. The molecule has 3 heterocycles. The number of aromatic nitrogens is 1. The van der Waals surface area contributed by atoms with Gasteiger partial charge in [0, 0.05) is 19.0 Å². The third-order valence-corrected chi connectivity index (χ3v) is 6.21. The number of para-hydroxylation sites is 1.